The first-order valence-corrected chi connectivity index (χ1v) is 10.5. The molecule has 0 fully saturated rings. The molecule has 0 amide bonds. The van der Waals surface area contributed by atoms with Gasteiger partial charge in [-0.25, -0.2) is 12.4 Å². The molecule has 0 aliphatic carbocycles. The van der Waals surface area contributed by atoms with Gasteiger partial charge in [-0.3, -0.25) is 0 Å². The van der Waals surface area contributed by atoms with Crippen molar-refractivity contribution < 1.29 is 26.0 Å². The molecule has 1 N–H and O–H groups in total. The van der Waals surface area contributed by atoms with Crippen molar-refractivity contribution in [1.82, 2.24) is 9.29 Å². The second kappa shape index (κ2) is 6.77. The highest BCUT2D eigenvalue weighted by atomic mass is 32.2. The van der Waals surface area contributed by atoms with Crippen molar-refractivity contribution in [2.45, 2.75) is 31.3 Å². The lowest BCUT2D eigenvalue weighted by atomic mass is 9.98. The smallest absolute Gasteiger partial charge is 0.416 e. The third kappa shape index (κ3) is 3.38. The van der Waals surface area contributed by atoms with E-state index >= 15 is 0 Å². The van der Waals surface area contributed by atoms with E-state index in [0.29, 0.717) is 30.8 Å². The Kier molecular flexibility index (Phi) is 4.62. The van der Waals surface area contributed by atoms with Gasteiger partial charge in [-0.15, -0.1) is 0 Å². The van der Waals surface area contributed by atoms with Gasteiger partial charge in [0.2, 0.25) is 0 Å². The fourth-order valence-corrected chi connectivity index (χ4v) is 5.26. The molecule has 0 saturated heterocycles. The summed E-state index contributed by atoms with van der Waals surface area (Å²) in [5, 5.41) is 3.41. The first-order chi connectivity index (χ1) is 13.6. The van der Waals surface area contributed by atoms with Crippen molar-refractivity contribution in [1.29, 1.82) is 0 Å². The lowest BCUT2D eigenvalue weighted by Gasteiger charge is -2.13. The average Bonchev–Trinajstić information content (AvgIpc) is 3.21. The van der Waals surface area contributed by atoms with Gasteiger partial charge in [0.25, 0.3) is 10.0 Å². The summed E-state index contributed by atoms with van der Waals surface area (Å²) < 4.78 is 72.9. The maximum atomic E-state index is 13.3. The summed E-state index contributed by atoms with van der Waals surface area (Å²) in [4.78, 5) is -0.00219. The van der Waals surface area contributed by atoms with E-state index in [0.717, 1.165) is 21.7 Å². The number of hydrogen-bond donors (Lipinski definition) is 1. The molecule has 0 bridgehead atoms. The molecule has 1 aliphatic heterocycles. The van der Waals surface area contributed by atoms with Gasteiger partial charge in [0.15, 0.2) is 0 Å². The standard InChI is InChI=1S/C20H19F3N2O3S/c1-12-9-19(13(2)28-12)29(26,27)25-11-17(14-5-7-24-8-6-14)16-10-15(20(21,22)23)3-4-18(16)25/h3-5,9-11,24H,6-8H2,1-2H3. The molecule has 0 radical (unpaired) electrons. The Morgan fingerprint density at radius 3 is 2.52 bits per heavy atom. The molecule has 0 spiro atoms. The number of hydrogen-bond acceptors (Lipinski definition) is 4. The zero-order valence-corrected chi connectivity index (χ0v) is 16.6. The molecule has 1 aromatic carbocycles. The molecule has 9 heteroatoms. The molecule has 0 saturated carbocycles. The van der Waals surface area contributed by atoms with E-state index in [1.165, 1.54) is 18.3 Å². The quantitative estimate of drug-likeness (QED) is 0.673. The van der Waals surface area contributed by atoms with Gasteiger partial charge in [0, 0.05) is 29.8 Å². The van der Waals surface area contributed by atoms with Crippen LogP contribution < -0.4 is 5.32 Å². The minimum atomic E-state index is -4.52. The minimum absolute atomic E-state index is 0.00219. The van der Waals surface area contributed by atoms with Gasteiger partial charge in [-0.1, -0.05) is 6.08 Å². The van der Waals surface area contributed by atoms with Crippen LogP contribution in [0.5, 0.6) is 0 Å². The Bertz CT molecular complexity index is 1230. The number of nitrogens with zero attached hydrogens (tertiary/aromatic N) is 1. The number of benzene rings is 1. The molecule has 1 aliphatic rings. The van der Waals surface area contributed by atoms with E-state index in [1.807, 2.05) is 6.08 Å². The van der Waals surface area contributed by atoms with E-state index in [9.17, 15) is 21.6 Å². The Morgan fingerprint density at radius 2 is 1.93 bits per heavy atom. The first kappa shape index (κ1) is 19.8. The summed E-state index contributed by atoms with van der Waals surface area (Å²) in [6.45, 7) is 4.43. The Morgan fingerprint density at radius 1 is 1.17 bits per heavy atom. The summed E-state index contributed by atoms with van der Waals surface area (Å²) in [5.74, 6) is 0.678. The van der Waals surface area contributed by atoms with Gasteiger partial charge >= 0.3 is 6.18 Å². The zero-order valence-electron chi connectivity index (χ0n) is 15.8. The van der Waals surface area contributed by atoms with Crippen LogP contribution in [0.1, 0.15) is 29.1 Å². The largest absolute Gasteiger partial charge is 0.465 e. The molecule has 0 unspecified atom stereocenters. The summed E-state index contributed by atoms with van der Waals surface area (Å²) >= 11 is 0. The SMILES string of the molecule is Cc1cc(S(=O)(=O)n2cc(C3=CCNCC3)c3cc(C(F)(F)F)ccc32)c(C)o1. The van der Waals surface area contributed by atoms with Crippen LogP contribution >= 0.6 is 0 Å². The lowest BCUT2D eigenvalue weighted by Crippen LogP contribution is -2.20. The predicted molar refractivity (Wildman–Crippen MR) is 103 cm³/mol. The van der Waals surface area contributed by atoms with Crippen molar-refractivity contribution in [2.75, 3.05) is 13.1 Å². The van der Waals surface area contributed by atoms with Crippen LogP contribution in [0.3, 0.4) is 0 Å². The van der Waals surface area contributed by atoms with Gasteiger partial charge in [0.1, 0.15) is 16.4 Å². The molecule has 29 heavy (non-hydrogen) atoms. The third-order valence-corrected chi connectivity index (χ3v) is 6.82. The van der Waals surface area contributed by atoms with Crippen LogP contribution in [0.25, 0.3) is 16.5 Å². The molecule has 4 rings (SSSR count). The van der Waals surface area contributed by atoms with Gasteiger partial charge in [-0.05, 0) is 50.6 Å². The fourth-order valence-electron chi connectivity index (χ4n) is 3.67. The van der Waals surface area contributed by atoms with Crippen LogP contribution in [0.15, 0.2) is 45.9 Å². The second-order valence-corrected chi connectivity index (χ2v) is 8.82. The number of alkyl halides is 3. The number of halogens is 3. The molecule has 0 atom stereocenters. The number of aryl methyl sites for hydroxylation is 2. The maximum Gasteiger partial charge on any atom is 0.416 e. The third-order valence-electron chi connectivity index (χ3n) is 5.04. The van der Waals surface area contributed by atoms with Crippen LogP contribution in [0.2, 0.25) is 0 Å². The van der Waals surface area contributed by atoms with Crippen LogP contribution in [-0.4, -0.2) is 25.5 Å². The predicted octanol–water partition coefficient (Wildman–Crippen LogP) is 4.48. The normalized spacial score (nSPS) is 15.7. The van der Waals surface area contributed by atoms with E-state index in [-0.39, 0.29) is 21.6 Å². The van der Waals surface area contributed by atoms with Crippen molar-refractivity contribution in [3.63, 3.8) is 0 Å². The Labute approximate surface area is 165 Å². The van der Waals surface area contributed by atoms with E-state index < -0.39 is 21.8 Å². The minimum Gasteiger partial charge on any atom is -0.465 e. The molecular weight excluding hydrogens is 405 g/mol. The highest BCUT2D eigenvalue weighted by molar-refractivity contribution is 7.90. The van der Waals surface area contributed by atoms with Crippen LogP contribution in [0.4, 0.5) is 13.2 Å². The number of nitrogens with one attached hydrogen (secondary N) is 1. The topological polar surface area (TPSA) is 64.2 Å². The van der Waals surface area contributed by atoms with Gasteiger partial charge < -0.3 is 9.73 Å². The second-order valence-electron chi connectivity index (χ2n) is 7.03. The molecule has 3 heterocycles. The highest BCUT2D eigenvalue weighted by Crippen LogP contribution is 2.37. The zero-order chi connectivity index (χ0) is 21.0. The number of furan rings is 1. The van der Waals surface area contributed by atoms with Crippen LogP contribution in [0, 0.1) is 13.8 Å². The van der Waals surface area contributed by atoms with Crippen molar-refractivity contribution >= 4 is 26.5 Å². The van der Waals surface area contributed by atoms with Crippen LogP contribution in [-0.2, 0) is 16.2 Å². The van der Waals surface area contributed by atoms with E-state index in [2.05, 4.69) is 5.32 Å². The van der Waals surface area contributed by atoms with E-state index in [1.54, 1.807) is 13.8 Å². The number of rotatable bonds is 3. The van der Waals surface area contributed by atoms with Gasteiger partial charge in [-0.2, -0.15) is 13.2 Å². The number of aromatic nitrogens is 1. The maximum absolute atomic E-state index is 13.3. The van der Waals surface area contributed by atoms with Gasteiger partial charge in [0.05, 0.1) is 11.1 Å². The fraction of sp³-hybridized carbons (Fsp3) is 0.300. The van der Waals surface area contributed by atoms with Crippen molar-refractivity contribution in [2.24, 2.45) is 0 Å². The summed E-state index contributed by atoms with van der Waals surface area (Å²) in [5.41, 5.74) is 0.702. The highest BCUT2D eigenvalue weighted by Gasteiger charge is 2.32. The average molecular weight is 424 g/mol. The molecular formula is C20H19F3N2O3S. The lowest BCUT2D eigenvalue weighted by molar-refractivity contribution is -0.137. The molecule has 2 aromatic heterocycles. The molecule has 5 nitrogen and oxygen atoms in total. The molecule has 3 aromatic rings. The summed E-state index contributed by atoms with van der Waals surface area (Å²) in [6.07, 6.45) is -0.631. The Hall–Kier alpha value is -2.52. The Balaban J connectivity index is 2.00. The monoisotopic (exact) mass is 424 g/mol. The molecule has 154 valence electrons. The summed E-state index contributed by atoms with van der Waals surface area (Å²) in [7, 11) is -4.04. The first-order valence-electron chi connectivity index (χ1n) is 9.04. The van der Waals surface area contributed by atoms with Crippen molar-refractivity contribution in [3.8, 4) is 0 Å². The van der Waals surface area contributed by atoms with Crippen molar-refractivity contribution in [3.05, 3.63) is 59.2 Å². The van der Waals surface area contributed by atoms with E-state index in [4.69, 9.17) is 4.42 Å². The number of fused-ring (bicyclic) bond motifs is 1. The summed E-state index contributed by atoms with van der Waals surface area (Å²) in [6, 6.07) is 4.56.